The third-order valence-corrected chi connectivity index (χ3v) is 3.93. The van der Waals surface area contributed by atoms with Crippen molar-refractivity contribution in [3.63, 3.8) is 0 Å². The lowest BCUT2D eigenvalue weighted by molar-refractivity contribution is 0.102. The summed E-state index contributed by atoms with van der Waals surface area (Å²) in [5.41, 5.74) is 10.3. The van der Waals surface area contributed by atoms with E-state index in [-0.39, 0.29) is 5.91 Å². The second-order valence-corrected chi connectivity index (χ2v) is 5.59. The number of nitrogen functional groups attached to an aromatic ring is 1. The number of rotatable bonds is 3. The molecule has 109 valence electrons. The van der Waals surface area contributed by atoms with Crippen LogP contribution in [0.15, 0.2) is 53.4 Å². The number of benzene rings is 1. The summed E-state index contributed by atoms with van der Waals surface area (Å²) >= 11 is 1.62. The van der Waals surface area contributed by atoms with E-state index >= 15 is 0 Å². The Kier molecular flexibility index (Phi) is 3.89. The maximum absolute atomic E-state index is 12.3. The molecule has 0 fully saturated rings. The van der Waals surface area contributed by atoms with E-state index in [1.165, 1.54) is 6.20 Å². The van der Waals surface area contributed by atoms with Gasteiger partial charge in [0.25, 0.3) is 5.91 Å². The second kappa shape index (κ2) is 5.99. The van der Waals surface area contributed by atoms with Crippen LogP contribution in [0.4, 0.5) is 11.4 Å². The number of hydrogen-bond donors (Lipinski definition) is 2. The number of nitrogens with one attached hydrogen (secondary N) is 1. The van der Waals surface area contributed by atoms with Crippen LogP contribution in [-0.4, -0.2) is 10.9 Å². The first-order chi connectivity index (χ1) is 10.6. The molecule has 4 nitrogen and oxygen atoms in total. The molecule has 1 radical (unpaired) electrons. The third kappa shape index (κ3) is 2.99. The number of anilines is 2. The van der Waals surface area contributed by atoms with Crippen LogP contribution in [0.2, 0.25) is 0 Å². The highest BCUT2D eigenvalue weighted by atomic mass is 32.1. The number of thiophene rings is 1. The molecule has 0 spiro atoms. The molecule has 0 aliphatic carbocycles. The zero-order chi connectivity index (χ0) is 15.5. The first kappa shape index (κ1) is 14.3. The molecule has 3 aromatic rings. The van der Waals surface area contributed by atoms with Gasteiger partial charge in [-0.05, 0) is 59.1 Å². The Morgan fingerprint density at radius 1 is 1.18 bits per heavy atom. The van der Waals surface area contributed by atoms with Gasteiger partial charge >= 0.3 is 0 Å². The lowest BCUT2D eigenvalue weighted by atomic mass is 10.1. The van der Waals surface area contributed by atoms with Crippen molar-refractivity contribution in [2.75, 3.05) is 11.1 Å². The standard InChI is InChI=1S/C17H14N3OS/c1-11-2-3-13(9-19-11)17(21)20-16-8-12(4-5-15(16)18)14-6-7-22-10-14/h2-10H,1,18H2,(H,20,21). The highest BCUT2D eigenvalue weighted by molar-refractivity contribution is 7.08. The molecule has 0 bridgehead atoms. The maximum Gasteiger partial charge on any atom is 0.257 e. The van der Waals surface area contributed by atoms with Gasteiger partial charge in [0.2, 0.25) is 0 Å². The molecule has 0 unspecified atom stereocenters. The summed E-state index contributed by atoms with van der Waals surface area (Å²) in [6.07, 6.45) is 1.50. The average Bonchev–Trinajstić information content (AvgIpc) is 3.04. The zero-order valence-electron chi connectivity index (χ0n) is 11.7. The Hall–Kier alpha value is -2.66. The summed E-state index contributed by atoms with van der Waals surface area (Å²) in [6, 6.07) is 11.0. The molecule has 1 amide bonds. The van der Waals surface area contributed by atoms with Crippen molar-refractivity contribution in [1.29, 1.82) is 0 Å². The lowest BCUT2D eigenvalue weighted by Crippen LogP contribution is -2.13. The van der Waals surface area contributed by atoms with Crippen molar-refractivity contribution in [1.82, 2.24) is 4.98 Å². The van der Waals surface area contributed by atoms with E-state index in [2.05, 4.69) is 17.2 Å². The van der Waals surface area contributed by atoms with Crippen LogP contribution in [0.3, 0.4) is 0 Å². The van der Waals surface area contributed by atoms with Crippen molar-refractivity contribution in [3.8, 4) is 11.1 Å². The Bertz CT molecular complexity index is 795. The molecule has 22 heavy (non-hydrogen) atoms. The smallest absolute Gasteiger partial charge is 0.257 e. The normalized spacial score (nSPS) is 10.4. The van der Waals surface area contributed by atoms with Crippen molar-refractivity contribution in [2.45, 2.75) is 0 Å². The summed E-state index contributed by atoms with van der Waals surface area (Å²) < 4.78 is 0. The Balaban J connectivity index is 1.87. The van der Waals surface area contributed by atoms with Gasteiger partial charge in [0.05, 0.1) is 16.9 Å². The van der Waals surface area contributed by atoms with Gasteiger partial charge in [-0.25, -0.2) is 0 Å². The van der Waals surface area contributed by atoms with Crippen molar-refractivity contribution >= 4 is 28.6 Å². The molecule has 2 aromatic heterocycles. The molecule has 3 N–H and O–H groups in total. The third-order valence-electron chi connectivity index (χ3n) is 3.24. The van der Waals surface area contributed by atoms with Crippen LogP contribution in [0.25, 0.3) is 11.1 Å². The van der Waals surface area contributed by atoms with E-state index in [0.29, 0.717) is 22.6 Å². The van der Waals surface area contributed by atoms with E-state index in [1.54, 1.807) is 29.5 Å². The average molecular weight is 308 g/mol. The SMILES string of the molecule is [CH2]c1ccc(C(=O)Nc2cc(-c3ccsc3)ccc2N)cn1. The van der Waals surface area contributed by atoms with Crippen LogP contribution >= 0.6 is 11.3 Å². The first-order valence-electron chi connectivity index (χ1n) is 6.65. The van der Waals surface area contributed by atoms with E-state index in [4.69, 9.17) is 5.73 Å². The van der Waals surface area contributed by atoms with Gasteiger partial charge in [0.1, 0.15) is 0 Å². The topological polar surface area (TPSA) is 68.0 Å². The van der Waals surface area contributed by atoms with E-state index in [0.717, 1.165) is 11.1 Å². The van der Waals surface area contributed by atoms with Crippen LogP contribution < -0.4 is 11.1 Å². The van der Waals surface area contributed by atoms with Gasteiger partial charge in [-0.2, -0.15) is 11.3 Å². The van der Waals surface area contributed by atoms with Crippen LogP contribution in [0, 0.1) is 6.92 Å². The highest BCUT2D eigenvalue weighted by Crippen LogP contribution is 2.28. The molecule has 0 aliphatic heterocycles. The van der Waals surface area contributed by atoms with Crippen molar-refractivity contribution in [3.05, 3.63) is 71.5 Å². The molecule has 0 aliphatic rings. The maximum atomic E-state index is 12.3. The number of nitrogens with two attached hydrogens (primary N) is 1. The number of hydrogen-bond acceptors (Lipinski definition) is 4. The molecule has 3 rings (SSSR count). The van der Waals surface area contributed by atoms with Gasteiger partial charge in [-0.1, -0.05) is 6.07 Å². The van der Waals surface area contributed by atoms with Gasteiger partial charge < -0.3 is 11.1 Å². The predicted molar refractivity (Wildman–Crippen MR) is 90.8 cm³/mol. The molecule has 1 aromatic carbocycles. The molecule has 5 heteroatoms. The van der Waals surface area contributed by atoms with Crippen molar-refractivity contribution in [2.24, 2.45) is 0 Å². The summed E-state index contributed by atoms with van der Waals surface area (Å²) in [6.45, 7) is 3.70. The van der Waals surface area contributed by atoms with Gasteiger partial charge in [-0.3, -0.25) is 9.78 Å². The van der Waals surface area contributed by atoms with Gasteiger partial charge in [0, 0.05) is 11.9 Å². The first-order valence-corrected chi connectivity index (χ1v) is 7.59. The largest absolute Gasteiger partial charge is 0.397 e. The fourth-order valence-electron chi connectivity index (χ4n) is 2.03. The fraction of sp³-hybridized carbons (Fsp3) is 0. The number of aromatic nitrogens is 1. The van der Waals surface area contributed by atoms with E-state index in [9.17, 15) is 4.79 Å². The van der Waals surface area contributed by atoms with Crippen LogP contribution in [0.1, 0.15) is 16.1 Å². The minimum absolute atomic E-state index is 0.248. The molecule has 0 saturated carbocycles. The Labute approximate surface area is 132 Å². The molecule has 2 heterocycles. The molecule has 0 atom stereocenters. The number of amides is 1. The van der Waals surface area contributed by atoms with E-state index in [1.807, 2.05) is 29.0 Å². The Morgan fingerprint density at radius 2 is 2.05 bits per heavy atom. The number of carbonyl (C=O) groups is 1. The van der Waals surface area contributed by atoms with E-state index < -0.39 is 0 Å². The minimum atomic E-state index is -0.248. The van der Waals surface area contributed by atoms with Crippen LogP contribution in [-0.2, 0) is 0 Å². The number of carbonyl (C=O) groups excluding carboxylic acids is 1. The number of nitrogens with zero attached hydrogens (tertiary/aromatic N) is 1. The monoisotopic (exact) mass is 308 g/mol. The minimum Gasteiger partial charge on any atom is -0.397 e. The quantitative estimate of drug-likeness (QED) is 0.723. The van der Waals surface area contributed by atoms with Crippen LogP contribution in [0.5, 0.6) is 0 Å². The summed E-state index contributed by atoms with van der Waals surface area (Å²) in [5, 5.41) is 6.89. The molecular weight excluding hydrogens is 294 g/mol. The Morgan fingerprint density at radius 3 is 2.73 bits per heavy atom. The highest BCUT2D eigenvalue weighted by Gasteiger charge is 2.10. The number of pyridine rings is 1. The van der Waals surface area contributed by atoms with Gasteiger partial charge in [0.15, 0.2) is 0 Å². The molecular formula is C17H14N3OS. The lowest BCUT2D eigenvalue weighted by Gasteiger charge is -2.10. The molecule has 0 saturated heterocycles. The summed E-state index contributed by atoms with van der Waals surface area (Å²) in [4.78, 5) is 16.3. The summed E-state index contributed by atoms with van der Waals surface area (Å²) in [5.74, 6) is -0.248. The van der Waals surface area contributed by atoms with Gasteiger partial charge in [-0.15, -0.1) is 0 Å². The predicted octanol–water partition coefficient (Wildman–Crippen LogP) is 3.83. The fourth-order valence-corrected chi connectivity index (χ4v) is 2.69. The van der Waals surface area contributed by atoms with Crippen molar-refractivity contribution < 1.29 is 4.79 Å². The zero-order valence-corrected chi connectivity index (χ0v) is 12.6. The second-order valence-electron chi connectivity index (χ2n) is 4.81. The summed E-state index contributed by atoms with van der Waals surface area (Å²) in [7, 11) is 0.